The Morgan fingerprint density at radius 3 is 1.12 bits per heavy atom. The van der Waals surface area contributed by atoms with Gasteiger partial charge in [0.25, 0.3) is 0 Å². The monoisotopic (exact) mass is 1040 g/mol. The van der Waals surface area contributed by atoms with E-state index in [2.05, 4.69) is 14.1 Å². The molecule has 0 amide bonds. The van der Waals surface area contributed by atoms with Gasteiger partial charge in [0.05, 0.1) is 51.1 Å². The highest BCUT2D eigenvalue weighted by Gasteiger charge is 2.54. The van der Waals surface area contributed by atoms with Crippen molar-refractivity contribution in [3.63, 3.8) is 0 Å². The zero-order valence-corrected chi connectivity index (χ0v) is 41.4. The third kappa shape index (κ3) is 10.8. The SMILES string of the molecule is CC(=O)Oc1cc2c(OC(C)=O)cccc2cc1C[N+]1(C)[C@@H]2CC[C@H]1CC(OC(=O)CCC(=O)OC1C[C@H]3CC[C@@H](C1)[N+]3(C)Cc1cc3cccc(OC(C)=O)c3cc1OC(C)=O)C2.[Br-].[Br-]. The Balaban J connectivity index is 0.00000360. The molecule has 4 heterocycles. The van der Waals surface area contributed by atoms with E-state index in [0.717, 1.165) is 56.5 Å². The highest BCUT2D eigenvalue weighted by molar-refractivity contribution is 5.93. The van der Waals surface area contributed by atoms with Crippen molar-refractivity contribution in [3.8, 4) is 23.0 Å². The zero-order chi connectivity index (χ0) is 45.5. The quantitative estimate of drug-likeness (QED) is 0.108. The second-order valence-corrected chi connectivity index (χ2v) is 18.7. The molecule has 4 saturated heterocycles. The van der Waals surface area contributed by atoms with Gasteiger partial charge in [-0.3, -0.25) is 28.8 Å². The van der Waals surface area contributed by atoms with Gasteiger partial charge in [-0.1, -0.05) is 24.3 Å². The first kappa shape index (κ1) is 50.5. The lowest BCUT2D eigenvalue weighted by molar-refractivity contribution is -0.961. The molecule has 8 atom stereocenters. The topological polar surface area (TPSA) is 158 Å². The maximum Gasteiger partial charge on any atom is 0.308 e. The van der Waals surface area contributed by atoms with Crippen molar-refractivity contribution in [2.75, 3.05) is 14.1 Å². The fraction of sp³-hybridized carbons (Fsp3) is 0.480. The number of piperidine rings is 2. The Labute approximate surface area is 405 Å². The number of esters is 6. The Kier molecular flexibility index (Phi) is 15.7. The average molecular weight is 1040 g/mol. The number of halogens is 2. The number of hydrogen-bond acceptors (Lipinski definition) is 12. The van der Waals surface area contributed by atoms with Crippen molar-refractivity contribution >= 4 is 57.4 Å². The fourth-order valence-electron chi connectivity index (χ4n) is 11.4. The summed E-state index contributed by atoms with van der Waals surface area (Å²) in [5.41, 5.74) is 1.75. The van der Waals surface area contributed by atoms with E-state index in [1.54, 1.807) is 24.3 Å². The number of carbonyl (C=O) groups is 6. The maximum absolute atomic E-state index is 13.2. The lowest BCUT2D eigenvalue weighted by Crippen LogP contribution is -3.00. The predicted octanol–water partition coefficient (Wildman–Crippen LogP) is 1.55. The molecule has 66 heavy (non-hydrogen) atoms. The standard InChI is InChI=1S/C50H58N2O12.2BrH/c1-29(53)59-45-11-7-9-33-19-35(47(25-43(33)45)61-31(3)55)27-51(5)37-13-14-38(51)22-41(21-37)63-49(57)17-18-50(58)64-42-23-39-15-16-40(24-42)52(39,6)28-36-20-34-10-8-12-46(60-30(2)54)44(34)26-48(36)62-32(4)56;;/h7-12,19-20,25-26,37-42H,13-18,21-24,27-28H2,1-6H3;2*1H/q+2;;/p-2/t37-,38+,39-,40+,41?,42?,51?,52?;;. The van der Waals surface area contributed by atoms with Crippen LogP contribution in [-0.2, 0) is 51.3 Å². The molecule has 0 aliphatic carbocycles. The molecule has 4 aromatic rings. The summed E-state index contributed by atoms with van der Waals surface area (Å²) in [5, 5.41) is 3.09. The van der Waals surface area contributed by atoms with Crippen LogP contribution in [0.1, 0.15) is 103 Å². The van der Waals surface area contributed by atoms with E-state index in [1.165, 1.54) is 27.7 Å². The van der Waals surface area contributed by atoms with Gasteiger partial charge in [-0.05, 0) is 47.2 Å². The van der Waals surface area contributed by atoms with E-state index in [0.29, 0.717) is 72.5 Å². The lowest BCUT2D eigenvalue weighted by Gasteiger charge is -2.47. The van der Waals surface area contributed by atoms with E-state index in [1.807, 2.05) is 36.4 Å². The van der Waals surface area contributed by atoms with Crippen LogP contribution in [0.4, 0.5) is 0 Å². The largest absolute Gasteiger partial charge is 1.00 e. The number of carbonyl (C=O) groups excluding carboxylic acids is 6. The van der Waals surface area contributed by atoms with Crippen molar-refractivity contribution in [3.05, 3.63) is 71.8 Å². The van der Waals surface area contributed by atoms with Crippen molar-refractivity contribution in [1.29, 1.82) is 0 Å². The third-order valence-electron chi connectivity index (χ3n) is 14.4. The molecule has 4 aromatic carbocycles. The van der Waals surface area contributed by atoms with Gasteiger partial charge in [0.1, 0.15) is 48.3 Å². The zero-order valence-electron chi connectivity index (χ0n) is 38.3. The molecule has 16 heteroatoms. The molecule has 8 rings (SSSR count). The van der Waals surface area contributed by atoms with Crippen molar-refractivity contribution in [2.24, 2.45) is 0 Å². The summed E-state index contributed by atoms with van der Waals surface area (Å²) < 4.78 is 35.8. The maximum atomic E-state index is 13.2. The van der Waals surface area contributed by atoms with Gasteiger partial charge in [-0.25, -0.2) is 0 Å². The number of quaternary nitrogens is 2. The minimum atomic E-state index is -0.441. The number of ether oxygens (including phenoxy) is 6. The van der Waals surface area contributed by atoms with Gasteiger partial charge < -0.3 is 71.4 Å². The minimum Gasteiger partial charge on any atom is -1.00 e. The summed E-state index contributed by atoms with van der Waals surface area (Å²) in [5.74, 6) is -0.900. The Morgan fingerprint density at radius 2 is 0.803 bits per heavy atom. The minimum absolute atomic E-state index is 0. The summed E-state index contributed by atoms with van der Waals surface area (Å²) in [6.45, 7) is 6.65. The van der Waals surface area contributed by atoms with Gasteiger partial charge in [0, 0.05) is 101 Å². The highest BCUT2D eigenvalue weighted by atomic mass is 79.9. The number of benzene rings is 4. The van der Waals surface area contributed by atoms with Gasteiger partial charge in [0.2, 0.25) is 0 Å². The van der Waals surface area contributed by atoms with Crippen LogP contribution in [0.2, 0.25) is 0 Å². The third-order valence-corrected chi connectivity index (χ3v) is 14.4. The molecule has 0 N–H and O–H groups in total. The van der Waals surface area contributed by atoms with Crippen LogP contribution < -0.4 is 52.9 Å². The van der Waals surface area contributed by atoms with Crippen LogP contribution in [0.25, 0.3) is 21.5 Å². The lowest BCUT2D eigenvalue weighted by atomic mass is 9.94. The van der Waals surface area contributed by atoms with Crippen LogP contribution >= 0.6 is 0 Å². The highest BCUT2D eigenvalue weighted by Crippen LogP contribution is 2.47. The molecule has 4 bridgehead atoms. The van der Waals surface area contributed by atoms with E-state index in [-0.39, 0.29) is 83.2 Å². The smallest absolute Gasteiger partial charge is 0.308 e. The van der Waals surface area contributed by atoms with Gasteiger partial charge >= 0.3 is 35.8 Å². The molecule has 4 fully saturated rings. The molecule has 4 aliphatic rings. The van der Waals surface area contributed by atoms with Crippen LogP contribution in [0.5, 0.6) is 23.0 Å². The summed E-state index contributed by atoms with van der Waals surface area (Å²) in [7, 11) is 4.44. The van der Waals surface area contributed by atoms with Crippen LogP contribution in [0, 0.1) is 0 Å². The van der Waals surface area contributed by atoms with Crippen molar-refractivity contribution in [2.45, 2.75) is 141 Å². The van der Waals surface area contributed by atoms with Gasteiger partial charge in [0.15, 0.2) is 0 Å². The van der Waals surface area contributed by atoms with E-state index in [9.17, 15) is 28.8 Å². The fourth-order valence-corrected chi connectivity index (χ4v) is 11.4. The second-order valence-electron chi connectivity index (χ2n) is 18.7. The molecule has 4 unspecified atom stereocenters. The molecule has 0 saturated carbocycles. The average Bonchev–Trinajstić information content (AvgIpc) is 3.43. The number of fused-ring (bicyclic) bond motifs is 6. The van der Waals surface area contributed by atoms with Crippen LogP contribution in [-0.4, -0.2) is 95.3 Å². The molecular weight excluding hydrogens is 980 g/mol. The Morgan fingerprint density at radius 1 is 0.485 bits per heavy atom. The summed E-state index contributed by atoms with van der Waals surface area (Å²) >= 11 is 0. The van der Waals surface area contributed by atoms with Gasteiger partial charge in [-0.2, -0.15) is 0 Å². The molecule has 354 valence electrons. The molecule has 0 aromatic heterocycles. The number of nitrogens with zero attached hydrogens (tertiary/aromatic N) is 2. The molecular formula is C50H58Br2N2O12. The summed E-state index contributed by atoms with van der Waals surface area (Å²) in [6, 6.07) is 19.4. The number of rotatable bonds is 13. The van der Waals surface area contributed by atoms with Gasteiger partial charge in [-0.15, -0.1) is 0 Å². The molecule has 0 radical (unpaired) electrons. The first-order valence-corrected chi connectivity index (χ1v) is 22.4. The van der Waals surface area contributed by atoms with Crippen LogP contribution in [0.3, 0.4) is 0 Å². The van der Waals surface area contributed by atoms with E-state index >= 15 is 0 Å². The van der Waals surface area contributed by atoms with E-state index < -0.39 is 35.8 Å². The Bertz CT molecular complexity index is 2340. The van der Waals surface area contributed by atoms with Crippen molar-refractivity contribution < 1.29 is 100 Å². The normalized spacial score (nSPS) is 26.0. The molecule has 14 nitrogen and oxygen atoms in total. The summed E-state index contributed by atoms with van der Waals surface area (Å²) in [6.07, 6.45) is 6.04. The predicted molar refractivity (Wildman–Crippen MR) is 234 cm³/mol. The second kappa shape index (κ2) is 20.5. The first-order valence-electron chi connectivity index (χ1n) is 22.4. The molecule has 0 spiro atoms. The molecule has 4 aliphatic heterocycles. The number of hydrogen-bond donors (Lipinski definition) is 0. The summed E-state index contributed by atoms with van der Waals surface area (Å²) in [4.78, 5) is 74.4. The Hall–Kier alpha value is -4.90. The van der Waals surface area contributed by atoms with Crippen molar-refractivity contribution in [1.82, 2.24) is 0 Å². The first-order chi connectivity index (χ1) is 30.5. The van der Waals surface area contributed by atoms with Crippen LogP contribution in [0.15, 0.2) is 60.7 Å². The van der Waals surface area contributed by atoms with E-state index in [4.69, 9.17) is 28.4 Å².